The Hall–Kier alpha value is -1.60. The second kappa shape index (κ2) is 8.31. The Morgan fingerprint density at radius 1 is 1.39 bits per heavy atom. The van der Waals surface area contributed by atoms with Gasteiger partial charge in [0.25, 0.3) is 0 Å². The Balaban J connectivity index is 1.76. The molecule has 1 aromatic rings. The molecular weight excluding hydrogens is 332 g/mol. The zero-order chi connectivity index (χ0) is 16.8. The molecule has 0 spiro atoms. The van der Waals surface area contributed by atoms with Gasteiger partial charge in [0.1, 0.15) is 10.1 Å². The highest BCUT2D eigenvalue weighted by atomic mass is 32.2. The molecule has 1 saturated heterocycles. The van der Waals surface area contributed by atoms with Crippen LogP contribution in [0.5, 0.6) is 5.75 Å². The Labute approximate surface area is 145 Å². The first-order valence-electron chi connectivity index (χ1n) is 7.51. The summed E-state index contributed by atoms with van der Waals surface area (Å²) in [5.41, 5.74) is 0.727. The van der Waals surface area contributed by atoms with Crippen molar-refractivity contribution in [2.24, 2.45) is 0 Å². The van der Waals surface area contributed by atoms with Crippen LogP contribution >= 0.6 is 24.0 Å². The van der Waals surface area contributed by atoms with Crippen molar-refractivity contribution in [1.82, 2.24) is 4.90 Å². The highest BCUT2D eigenvalue weighted by Crippen LogP contribution is 2.29. The first-order chi connectivity index (χ1) is 11.0. The summed E-state index contributed by atoms with van der Waals surface area (Å²) in [6.07, 6.45) is 1.71. The molecule has 2 rings (SSSR count). The molecule has 1 aromatic carbocycles. The van der Waals surface area contributed by atoms with Crippen LogP contribution in [0.1, 0.15) is 26.2 Å². The largest absolute Gasteiger partial charge is 0.497 e. The number of ether oxygens (including phenoxy) is 1. The van der Waals surface area contributed by atoms with Crippen LogP contribution in [-0.2, 0) is 9.59 Å². The summed E-state index contributed by atoms with van der Waals surface area (Å²) in [5.74, 6) is 0.734. The minimum absolute atomic E-state index is 0.0596. The molecule has 0 saturated carbocycles. The molecule has 1 atom stereocenters. The zero-order valence-corrected chi connectivity index (χ0v) is 14.8. The van der Waals surface area contributed by atoms with E-state index in [1.807, 2.05) is 6.92 Å². The Bertz CT molecular complexity index is 589. The highest BCUT2D eigenvalue weighted by molar-refractivity contribution is 8.24. The SMILES string of the molecule is CCC1SC(=S)N(CCCC(=O)Nc2ccc(OC)cc2)C1=O. The van der Waals surface area contributed by atoms with Gasteiger partial charge in [-0.3, -0.25) is 14.5 Å². The van der Waals surface area contributed by atoms with E-state index in [0.717, 1.165) is 17.9 Å². The minimum atomic E-state index is -0.0765. The van der Waals surface area contributed by atoms with Crippen molar-refractivity contribution in [2.75, 3.05) is 19.0 Å². The van der Waals surface area contributed by atoms with E-state index < -0.39 is 0 Å². The number of nitrogens with zero attached hydrogens (tertiary/aromatic N) is 1. The van der Waals surface area contributed by atoms with Crippen molar-refractivity contribution >= 4 is 45.8 Å². The lowest BCUT2D eigenvalue weighted by Crippen LogP contribution is -2.32. The monoisotopic (exact) mass is 352 g/mol. The van der Waals surface area contributed by atoms with Crippen molar-refractivity contribution in [2.45, 2.75) is 31.4 Å². The van der Waals surface area contributed by atoms with Gasteiger partial charge < -0.3 is 10.1 Å². The predicted molar refractivity (Wildman–Crippen MR) is 96.8 cm³/mol. The third-order valence-electron chi connectivity index (χ3n) is 3.54. The molecule has 1 heterocycles. The fourth-order valence-corrected chi connectivity index (χ4v) is 3.73. The van der Waals surface area contributed by atoms with E-state index in [0.29, 0.717) is 23.7 Å². The molecule has 1 N–H and O–H groups in total. The number of nitrogens with one attached hydrogen (secondary N) is 1. The second-order valence-electron chi connectivity index (χ2n) is 5.15. The van der Waals surface area contributed by atoms with Crippen LogP contribution < -0.4 is 10.1 Å². The smallest absolute Gasteiger partial charge is 0.241 e. The first-order valence-corrected chi connectivity index (χ1v) is 8.79. The van der Waals surface area contributed by atoms with Gasteiger partial charge >= 0.3 is 0 Å². The van der Waals surface area contributed by atoms with E-state index in [1.54, 1.807) is 36.3 Å². The highest BCUT2D eigenvalue weighted by Gasteiger charge is 2.35. The summed E-state index contributed by atoms with van der Waals surface area (Å²) in [7, 11) is 1.60. The van der Waals surface area contributed by atoms with Crippen LogP contribution in [0.3, 0.4) is 0 Å². The molecule has 1 fully saturated rings. The van der Waals surface area contributed by atoms with Crippen LogP contribution in [0.2, 0.25) is 0 Å². The van der Waals surface area contributed by atoms with Gasteiger partial charge in [-0.05, 0) is 37.1 Å². The Morgan fingerprint density at radius 3 is 2.65 bits per heavy atom. The minimum Gasteiger partial charge on any atom is -0.497 e. The molecule has 0 aromatic heterocycles. The number of anilines is 1. The number of amides is 2. The standard InChI is InChI=1S/C16H20N2O3S2/c1-3-13-15(20)18(16(22)23-13)10-4-5-14(19)17-11-6-8-12(21-2)9-7-11/h6-9,13H,3-5,10H2,1-2H3,(H,17,19). The fraction of sp³-hybridized carbons (Fsp3) is 0.438. The van der Waals surface area contributed by atoms with Crippen LogP contribution in [0.4, 0.5) is 5.69 Å². The second-order valence-corrected chi connectivity index (χ2v) is 6.99. The normalized spacial score (nSPS) is 17.5. The molecule has 2 amide bonds. The van der Waals surface area contributed by atoms with Crippen LogP contribution in [-0.4, -0.2) is 39.9 Å². The van der Waals surface area contributed by atoms with E-state index in [4.69, 9.17) is 17.0 Å². The molecular formula is C16H20N2O3S2. The maximum Gasteiger partial charge on any atom is 0.241 e. The number of thioether (sulfide) groups is 1. The van der Waals surface area contributed by atoms with Gasteiger partial charge in [-0.25, -0.2) is 0 Å². The lowest BCUT2D eigenvalue weighted by atomic mass is 10.2. The van der Waals surface area contributed by atoms with Gasteiger partial charge in [0.15, 0.2) is 0 Å². The predicted octanol–water partition coefficient (Wildman–Crippen LogP) is 3.05. The quantitative estimate of drug-likeness (QED) is 0.764. The van der Waals surface area contributed by atoms with Crippen LogP contribution in [0.25, 0.3) is 0 Å². The first kappa shape index (κ1) is 17.7. The number of rotatable bonds is 7. The van der Waals surface area contributed by atoms with E-state index in [2.05, 4.69) is 5.32 Å². The summed E-state index contributed by atoms with van der Waals surface area (Å²) in [6.45, 7) is 2.47. The van der Waals surface area contributed by atoms with Crippen molar-refractivity contribution < 1.29 is 14.3 Å². The van der Waals surface area contributed by atoms with Gasteiger partial charge in [-0.2, -0.15) is 0 Å². The summed E-state index contributed by atoms with van der Waals surface area (Å²) in [4.78, 5) is 25.6. The number of carbonyl (C=O) groups is 2. The molecule has 5 nitrogen and oxygen atoms in total. The third kappa shape index (κ3) is 4.68. The van der Waals surface area contributed by atoms with E-state index in [9.17, 15) is 9.59 Å². The number of methoxy groups -OCH3 is 1. The summed E-state index contributed by atoms with van der Waals surface area (Å²) in [6, 6.07) is 7.16. The number of hydrogen-bond acceptors (Lipinski definition) is 5. The number of benzene rings is 1. The van der Waals surface area contributed by atoms with Gasteiger partial charge in [-0.1, -0.05) is 30.9 Å². The Morgan fingerprint density at radius 2 is 2.09 bits per heavy atom. The van der Waals surface area contributed by atoms with E-state index >= 15 is 0 Å². The van der Waals surface area contributed by atoms with Gasteiger partial charge in [0.2, 0.25) is 11.8 Å². The zero-order valence-electron chi connectivity index (χ0n) is 13.2. The average molecular weight is 352 g/mol. The van der Waals surface area contributed by atoms with Gasteiger partial charge in [0.05, 0.1) is 12.4 Å². The fourth-order valence-electron chi connectivity index (χ4n) is 2.25. The lowest BCUT2D eigenvalue weighted by molar-refractivity contribution is -0.126. The van der Waals surface area contributed by atoms with Crippen molar-refractivity contribution in [3.8, 4) is 5.75 Å². The van der Waals surface area contributed by atoms with Crippen molar-refractivity contribution in [3.63, 3.8) is 0 Å². The average Bonchev–Trinajstić information content (AvgIpc) is 2.83. The third-order valence-corrected chi connectivity index (χ3v) is 5.29. The topological polar surface area (TPSA) is 58.6 Å². The van der Waals surface area contributed by atoms with Crippen LogP contribution in [0, 0.1) is 0 Å². The molecule has 23 heavy (non-hydrogen) atoms. The molecule has 1 aliphatic heterocycles. The van der Waals surface area contributed by atoms with Gasteiger partial charge in [-0.15, -0.1) is 0 Å². The van der Waals surface area contributed by atoms with Gasteiger partial charge in [0, 0.05) is 18.7 Å². The van der Waals surface area contributed by atoms with Crippen molar-refractivity contribution in [3.05, 3.63) is 24.3 Å². The Kier molecular flexibility index (Phi) is 6.41. The summed E-state index contributed by atoms with van der Waals surface area (Å²) < 4.78 is 5.69. The molecule has 0 aliphatic carbocycles. The molecule has 0 bridgehead atoms. The molecule has 7 heteroatoms. The number of thiocarbonyl (C=S) groups is 1. The maximum absolute atomic E-state index is 12.1. The maximum atomic E-state index is 12.1. The number of carbonyl (C=O) groups excluding carboxylic acids is 2. The molecule has 0 radical (unpaired) electrons. The van der Waals surface area contributed by atoms with Crippen LogP contribution in [0.15, 0.2) is 24.3 Å². The molecule has 124 valence electrons. The van der Waals surface area contributed by atoms with E-state index in [1.165, 1.54) is 11.8 Å². The lowest BCUT2D eigenvalue weighted by Gasteiger charge is -2.15. The summed E-state index contributed by atoms with van der Waals surface area (Å²) in [5, 5.41) is 2.77. The van der Waals surface area contributed by atoms with Crippen molar-refractivity contribution in [1.29, 1.82) is 0 Å². The van der Waals surface area contributed by atoms with E-state index in [-0.39, 0.29) is 17.1 Å². The molecule has 1 aliphatic rings. The molecule has 1 unspecified atom stereocenters. The number of hydrogen-bond donors (Lipinski definition) is 1. The summed E-state index contributed by atoms with van der Waals surface area (Å²) >= 11 is 6.67.